The Labute approximate surface area is 153 Å². The summed E-state index contributed by atoms with van der Waals surface area (Å²) in [7, 11) is 0. The van der Waals surface area contributed by atoms with Gasteiger partial charge in [0.2, 0.25) is 0 Å². The Hall–Kier alpha value is -3.19. The minimum absolute atomic E-state index is 0.0356. The van der Waals surface area contributed by atoms with E-state index < -0.39 is 10.8 Å². The van der Waals surface area contributed by atoms with Crippen molar-refractivity contribution in [3.05, 3.63) is 74.5 Å². The van der Waals surface area contributed by atoms with Crippen molar-refractivity contribution in [3.8, 4) is 0 Å². The third kappa shape index (κ3) is 3.29. The van der Waals surface area contributed by atoms with Crippen LogP contribution in [0.1, 0.15) is 28.6 Å². The highest BCUT2D eigenvalue weighted by Gasteiger charge is 2.18. The highest BCUT2D eigenvalue weighted by molar-refractivity contribution is 6.32. The molecule has 0 unspecified atom stereocenters. The maximum Gasteiger partial charge on any atom is 0.307 e. The van der Waals surface area contributed by atoms with E-state index in [1.165, 1.54) is 12.1 Å². The molecule has 0 atom stereocenters. The van der Waals surface area contributed by atoms with Crippen LogP contribution in [0.15, 0.2) is 52.0 Å². The molecule has 0 spiro atoms. The van der Waals surface area contributed by atoms with Crippen LogP contribution < -0.4 is 5.43 Å². The lowest BCUT2D eigenvalue weighted by atomic mass is 10.1. The molecule has 26 heavy (non-hydrogen) atoms. The lowest BCUT2D eigenvalue weighted by Gasteiger charge is -2.03. The van der Waals surface area contributed by atoms with Gasteiger partial charge in [0.05, 0.1) is 10.6 Å². The minimum Gasteiger partial charge on any atom is -0.451 e. The number of nitro groups is 1. The maximum atomic E-state index is 12.4. The number of amides is 1. The van der Waals surface area contributed by atoms with Crippen molar-refractivity contribution in [2.75, 3.05) is 0 Å². The van der Waals surface area contributed by atoms with Crippen LogP contribution in [0.4, 0.5) is 5.69 Å². The summed E-state index contributed by atoms with van der Waals surface area (Å²) in [6, 6.07) is 11.6. The van der Waals surface area contributed by atoms with Crippen molar-refractivity contribution >= 4 is 39.9 Å². The van der Waals surface area contributed by atoms with E-state index in [4.69, 9.17) is 16.0 Å². The largest absolute Gasteiger partial charge is 0.451 e. The molecule has 1 amide bonds. The lowest BCUT2D eigenvalue weighted by Crippen LogP contribution is -2.19. The van der Waals surface area contributed by atoms with Gasteiger partial charge in [0.1, 0.15) is 10.6 Å². The zero-order valence-electron chi connectivity index (χ0n) is 13.9. The van der Waals surface area contributed by atoms with Crippen LogP contribution in [0, 0.1) is 17.0 Å². The lowest BCUT2D eigenvalue weighted by molar-refractivity contribution is -0.384. The summed E-state index contributed by atoms with van der Waals surface area (Å²) in [4.78, 5) is 22.8. The molecule has 0 radical (unpaired) electrons. The number of para-hydroxylation sites is 1. The fourth-order valence-corrected chi connectivity index (χ4v) is 2.71. The third-order valence-corrected chi connectivity index (χ3v) is 4.26. The average molecular weight is 372 g/mol. The van der Waals surface area contributed by atoms with Gasteiger partial charge in [-0.3, -0.25) is 14.9 Å². The van der Waals surface area contributed by atoms with E-state index in [1.54, 1.807) is 26.0 Å². The van der Waals surface area contributed by atoms with Crippen LogP contribution in [0.25, 0.3) is 11.0 Å². The van der Waals surface area contributed by atoms with Gasteiger partial charge in [-0.25, -0.2) is 5.43 Å². The van der Waals surface area contributed by atoms with Gasteiger partial charge in [-0.05, 0) is 26.0 Å². The number of fused-ring (bicyclic) bond motifs is 1. The number of aryl methyl sites for hydroxylation is 1. The molecule has 0 bridgehead atoms. The number of rotatable bonds is 4. The summed E-state index contributed by atoms with van der Waals surface area (Å²) in [5.74, 6) is -0.327. The number of benzene rings is 2. The van der Waals surface area contributed by atoms with E-state index in [0.29, 0.717) is 22.4 Å². The summed E-state index contributed by atoms with van der Waals surface area (Å²) in [6.07, 6.45) is 0. The zero-order valence-corrected chi connectivity index (χ0v) is 14.7. The molecular weight excluding hydrogens is 358 g/mol. The third-order valence-electron chi connectivity index (χ3n) is 3.94. The maximum absolute atomic E-state index is 12.4. The van der Waals surface area contributed by atoms with Crippen molar-refractivity contribution in [1.82, 2.24) is 5.43 Å². The summed E-state index contributed by atoms with van der Waals surface area (Å²) in [6.45, 7) is 3.42. The molecule has 1 aromatic heterocycles. The fourth-order valence-electron chi connectivity index (χ4n) is 2.52. The van der Waals surface area contributed by atoms with Gasteiger partial charge in [-0.1, -0.05) is 35.9 Å². The first kappa shape index (κ1) is 17.6. The minimum atomic E-state index is -0.574. The smallest absolute Gasteiger partial charge is 0.307 e. The van der Waals surface area contributed by atoms with E-state index in [-0.39, 0.29) is 16.5 Å². The number of halogens is 1. The second-order valence-electron chi connectivity index (χ2n) is 5.61. The Morgan fingerprint density at radius 1 is 1.27 bits per heavy atom. The monoisotopic (exact) mass is 371 g/mol. The first-order chi connectivity index (χ1) is 12.4. The average Bonchev–Trinajstić information content (AvgIpc) is 2.97. The number of nitro benzene ring substituents is 1. The van der Waals surface area contributed by atoms with Crippen LogP contribution in [0.2, 0.25) is 5.02 Å². The van der Waals surface area contributed by atoms with Crippen molar-refractivity contribution in [2.45, 2.75) is 13.8 Å². The van der Waals surface area contributed by atoms with Crippen LogP contribution in [0.3, 0.4) is 0 Å². The first-order valence-corrected chi connectivity index (χ1v) is 8.03. The van der Waals surface area contributed by atoms with Crippen LogP contribution in [-0.4, -0.2) is 16.5 Å². The molecule has 1 heterocycles. The second-order valence-corrected chi connectivity index (χ2v) is 6.02. The number of hydrogen-bond donors (Lipinski definition) is 1. The van der Waals surface area contributed by atoms with E-state index in [9.17, 15) is 14.9 Å². The van der Waals surface area contributed by atoms with Gasteiger partial charge in [-0.15, -0.1) is 0 Å². The Morgan fingerprint density at radius 2 is 2.00 bits per heavy atom. The Balaban J connectivity index is 1.84. The summed E-state index contributed by atoms with van der Waals surface area (Å²) in [5, 5.41) is 15.9. The molecule has 0 aliphatic rings. The second kappa shape index (κ2) is 6.97. The van der Waals surface area contributed by atoms with Crippen LogP contribution >= 0.6 is 11.6 Å². The Bertz CT molecular complexity index is 1060. The van der Waals surface area contributed by atoms with E-state index in [2.05, 4.69) is 10.5 Å². The normalized spacial score (nSPS) is 11.6. The molecule has 0 aliphatic heterocycles. The predicted molar refractivity (Wildman–Crippen MR) is 98.7 cm³/mol. The molecule has 0 fully saturated rings. The highest BCUT2D eigenvalue weighted by atomic mass is 35.5. The van der Waals surface area contributed by atoms with Gasteiger partial charge < -0.3 is 4.42 Å². The van der Waals surface area contributed by atoms with Crippen molar-refractivity contribution in [3.63, 3.8) is 0 Å². The zero-order chi connectivity index (χ0) is 18.8. The number of nitrogens with zero attached hydrogens (tertiary/aromatic N) is 2. The molecule has 2 aromatic carbocycles. The standard InChI is InChI=1S/C18H14ClN3O4/c1-10-13-5-3-4-6-16(13)26-17(10)18(23)21-20-11(2)12-7-8-14(19)15(9-12)22(24)25/h3-9H,1-2H3,(H,21,23)/b20-11-. The van der Waals surface area contributed by atoms with E-state index in [0.717, 1.165) is 5.39 Å². The molecule has 8 heteroatoms. The number of hydrazone groups is 1. The molecule has 0 saturated heterocycles. The predicted octanol–water partition coefficient (Wildman–Crippen LogP) is 4.46. The molecule has 3 aromatic rings. The molecular formula is C18H14ClN3O4. The van der Waals surface area contributed by atoms with E-state index in [1.807, 2.05) is 18.2 Å². The summed E-state index contributed by atoms with van der Waals surface area (Å²) in [5.41, 5.74) is 4.39. The van der Waals surface area contributed by atoms with E-state index >= 15 is 0 Å². The quantitative estimate of drug-likeness (QED) is 0.416. The number of carbonyl (C=O) groups is 1. The fraction of sp³-hybridized carbons (Fsp3) is 0.111. The summed E-state index contributed by atoms with van der Waals surface area (Å²) >= 11 is 5.80. The Morgan fingerprint density at radius 3 is 2.69 bits per heavy atom. The number of nitrogens with one attached hydrogen (secondary N) is 1. The van der Waals surface area contributed by atoms with Gasteiger partial charge in [0, 0.05) is 22.6 Å². The number of carbonyl (C=O) groups excluding carboxylic acids is 1. The molecule has 132 valence electrons. The van der Waals surface area contributed by atoms with Crippen molar-refractivity contribution < 1.29 is 14.1 Å². The molecule has 1 N–H and O–H groups in total. The number of hydrogen-bond acceptors (Lipinski definition) is 5. The highest BCUT2D eigenvalue weighted by Crippen LogP contribution is 2.26. The molecule has 7 nitrogen and oxygen atoms in total. The van der Waals surface area contributed by atoms with Crippen LogP contribution in [0.5, 0.6) is 0 Å². The van der Waals surface area contributed by atoms with Gasteiger partial charge >= 0.3 is 5.91 Å². The SMILES string of the molecule is C/C(=N/NC(=O)c1oc2ccccc2c1C)c1ccc(Cl)c([N+](=O)[O-])c1. The van der Waals surface area contributed by atoms with Crippen molar-refractivity contribution in [2.24, 2.45) is 5.10 Å². The van der Waals surface area contributed by atoms with Crippen molar-refractivity contribution in [1.29, 1.82) is 0 Å². The summed E-state index contributed by atoms with van der Waals surface area (Å²) < 4.78 is 5.58. The molecule has 0 aliphatic carbocycles. The van der Waals surface area contributed by atoms with Gasteiger partial charge in [0.15, 0.2) is 5.76 Å². The van der Waals surface area contributed by atoms with Gasteiger partial charge in [0.25, 0.3) is 5.69 Å². The number of furan rings is 1. The molecule has 3 rings (SSSR count). The van der Waals surface area contributed by atoms with Crippen LogP contribution in [-0.2, 0) is 0 Å². The first-order valence-electron chi connectivity index (χ1n) is 7.65. The Kier molecular flexibility index (Phi) is 4.73. The topological polar surface area (TPSA) is 97.7 Å². The molecule has 0 saturated carbocycles. The van der Waals surface area contributed by atoms with Gasteiger partial charge in [-0.2, -0.15) is 5.10 Å².